The van der Waals surface area contributed by atoms with E-state index >= 15 is 0 Å². The Kier molecular flexibility index (Phi) is 7.79. The van der Waals surface area contributed by atoms with Crippen molar-refractivity contribution in [1.82, 2.24) is 5.16 Å². The number of nitriles is 1. The van der Waals surface area contributed by atoms with Crippen LogP contribution < -0.4 is 10.6 Å². The van der Waals surface area contributed by atoms with Crippen LogP contribution in [0.3, 0.4) is 0 Å². The summed E-state index contributed by atoms with van der Waals surface area (Å²) in [5, 5.41) is 17.1. The minimum absolute atomic E-state index is 0.0963. The third-order valence-electron chi connectivity index (χ3n) is 3.66. The van der Waals surface area contributed by atoms with Gasteiger partial charge in [0.1, 0.15) is 5.76 Å². The number of nitrogens with zero attached hydrogens (tertiary/aromatic N) is 2. The van der Waals surface area contributed by atoms with E-state index in [1.807, 2.05) is 6.07 Å². The van der Waals surface area contributed by atoms with Gasteiger partial charge in [0, 0.05) is 11.8 Å². The molecular formula is C19H20N4O5S. The van der Waals surface area contributed by atoms with Gasteiger partial charge in [0.05, 0.1) is 22.6 Å². The van der Waals surface area contributed by atoms with Crippen LogP contribution in [-0.2, 0) is 19.1 Å². The summed E-state index contributed by atoms with van der Waals surface area (Å²) in [7, 11) is 0. The van der Waals surface area contributed by atoms with Crippen LogP contribution in [0.4, 0.5) is 11.5 Å². The number of thioether (sulfide) groups is 1. The van der Waals surface area contributed by atoms with Crippen molar-refractivity contribution in [2.75, 3.05) is 16.4 Å². The number of hydrogen-bond acceptors (Lipinski definition) is 8. The third-order valence-corrected chi connectivity index (χ3v) is 4.78. The molecule has 1 heterocycles. The van der Waals surface area contributed by atoms with Crippen LogP contribution in [0.1, 0.15) is 25.2 Å². The molecule has 0 aliphatic carbocycles. The van der Waals surface area contributed by atoms with E-state index in [0.29, 0.717) is 22.8 Å². The van der Waals surface area contributed by atoms with Crippen molar-refractivity contribution in [3.05, 3.63) is 41.7 Å². The number of esters is 1. The molecule has 2 rings (SSSR count). The van der Waals surface area contributed by atoms with E-state index in [1.54, 1.807) is 44.2 Å². The average molecular weight is 416 g/mol. The molecule has 0 saturated carbocycles. The highest BCUT2D eigenvalue weighted by atomic mass is 32.2. The lowest BCUT2D eigenvalue weighted by Crippen LogP contribution is -2.31. The van der Waals surface area contributed by atoms with Gasteiger partial charge in [-0.25, -0.2) is 0 Å². The Bertz CT molecular complexity index is 919. The lowest BCUT2D eigenvalue weighted by molar-refractivity contribution is -0.150. The smallest absolute Gasteiger partial charge is 0.316 e. The van der Waals surface area contributed by atoms with Crippen molar-refractivity contribution in [2.24, 2.45) is 0 Å². The molecule has 2 aromatic rings. The first-order chi connectivity index (χ1) is 13.8. The molecule has 2 atom stereocenters. The van der Waals surface area contributed by atoms with Crippen molar-refractivity contribution in [3.8, 4) is 6.07 Å². The van der Waals surface area contributed by atoms with Gasteiger partial charge in [-0.15, -0.1) is 11.8 Å². The molecule has 0 unspecified atom stereocenters. The molecule has 0 spiro atoms. The second-order valence-corrected chi connectivity index (χ2v) is 7.40. The molecule has 1 aromatic heterocycles. The van der Waals surface area contributed by atoms with Crippen LogP contribution in [0.15, 0.2) is 34.9 Å². The van der Waals surface area contributed by atoms with Gasteiger partial charge in [0.2, 0.25) is 5.91 Å². The van der Waals surface area contributed by atoms with Crippen molar-refractivity contribution in [3.63, 3.8) is 0 Å². The number of aromatic nitrogens is 1. The Labute approximate surface area is 171 Å². The van der Waals surface area contributed by atoms with E-state index in [4.69, 9.17) is 14.5 Å². The summed E-state index contributed by atoms with van der Waals surface area (Å²) >= 11 is 1.07. The van der Waals surface area contributed by atoms with E-state index in [-0.39, 0.29) is 11.7 Å². The molecule has 0 bridgehead atoms. The third kappa shape index (κ3) is 6.97. The molecule has 10 heteroatoms. The highest BCUT2D eigenvalue weighted by Gasteiger charge is 2.21. The van der Waals surface area contributed by atoms with Crippen molar-refractivity contribution >= 4 is 41.1 Å². The van der Waals surface area contributed by atoms with Gasteiger partial charge in [-0.1, -0.05) is 5.16 Å². The van der Waals surface area contributed by atoms with Crippen molar-refractivity contribution in [1.29, 1.82) is 5.26 Å². The van der Waals surface area contributed by atoms with Gasteiger partial charge in [0.15, 0.2) is 11.9 Å². The molecule has 9 nitrogen and oxygen atoms in total. The standard InChI is InChI=1S/C19H20N4O5S/c1-11-8-16(23-28-11)22-19(26)13(3)29-10-17(24)27-12(2)18(25)21-15-6-4-14(9-20)5-7-15/h4-8,12-13H,10H2,1-3H3,(H,21,25)(H,22,23,26)/t12-,13-/m0/s1. The van der Waals surface area contributed by atoms with Crippen LogP contribution in [0.5, 0.6) is 0 Å². The van der Waals surface area contributed by atoms with Crippen molar-refractivity contribution in [2.45, 2.75) is 32.1 Å². The number of rotatable bonds is 8. The van der Waals surface area contributed by atoms with E-state index in [9.17, 15) is 14.4 Å². The number of benzene rings is 1. The molecule has 0 aliphatic heterocycles. The fourth-order valence-electron chi connectivity index (χ4n) is 2.08. The summed E-state index contributed by atoms with van der Waals surface area (Å²) in [5.74, 6) is -0.675. The zero-order chi connectivity index (χ0) is 21.4. The monoisotopic (exact) mass is 416 g/mol. The zero-order valence-electron chi connectivity index (χ0n) is 16.1. The molecule has 0 fully saturated rings. The Balaban J connectivity index is 1.74. The Morgan fingerprint density at radius 3 is 2.48 bits per heavy atom. The first-order valence-corrected chi connectivity index (χ1v) is 9.69. The molecule has 1 aromatic carbocycles. The lowest BCUT2D eigenvalue weighted by atomic mass is 10.2. The van der Waals surface area contributed by atoms with Crippen molar-refractivity contribution < 1.29 is 23.6 Å². The second-order valence-electron chi connectivity index (χ2n) is 6.08. The molecule has 152 valence electrons. The SMILES string of the molecule is Cc1cc(NC(=O)[C@H](C)SCC(=O)O[C@@H](C)C(=O)Nc2ccc(C#N)cc2)no1. The molecular weight excluding hydrogens is 396 g/mol. The molecule has 2 N–H and O–H groups in total. The Morgan fingerprint density at radius 2 is 1.90 bits per heavy atom. The normalized spacial score (nSPS) is 12.3. The predicted octanol–water partition coefficient (Wildman–Crippen LogP) is 2.49. The van der Waals surface area contributed by atoms with Crippen LogP contribution in [0.2, 0.25) is 0 Å². The minimum Gasteiger partial charge on any atom is -0.452 e. The molecule has 0 radical (unpaired) electrons. The van der Waals surface area contributed by atoms with Crippen LogP contribution in [0.25, 0.3) is 0 Å². The van der Waals surface area contributed by atoms with E-state index < -0.39 is 23.2 Å². The van der Waals surface area contributed by atoms with E-state index in [0.717, 1.165) is 11.8 Å². The highest BCUT2D eigenvalue weighted by Crippen LogP contribution is 2.15. The van der Waals surface area contributed by atoms with Gasteiger partial charge in [-0.05, 0) is 45.0 Å². The summed E-state index contributed by atoms with van der Waals surface area (Å²) in [6.45, 7) is 4.79. The number of aryl methyl sites for hydroxylation is 1. The summed E-state index contributed by atoms with van der Waals surface area (Å²) in [6.07, 6.45) is -1.01. The second kappa shape index (κ2) is 10.3. The van der Waals surface area contributed by atoms with Crippen LogP contribution in [0, 0.1) is 18.3 Å². The quantitative estimate of drug-likeness (QED) is 0.627. The maximum Gasteiger partial charge on any atom is 0.316 e. The topological polar surface area (TPSA) is 134 Å². The Hall–Kier alpha value is -3.32. The number of carbonyl (C=O) groups excluding carboxylic acids is 3. The maximum absolute atomic E-state index is 12.1. The number of carbonyl (C=O) groups is 3. The lowest BCUT2D eigenvalue weighted by Gasteiger charge is -2.14. The van der Waals surface area contributed by atoms with E-state index in [2.05, 4.69) is 15.8 Å². The molecule has 0 saturated heterocycles. The van der Waals surface area contributed by atoms with Gasteiger partial charge < -0.3 is 19.9 Å². The number of ether oxygens (including phenoxy) is 1. The fraction of sp³-hybridized carbons (Fsp3) is 0.316. The largest absolute Gasteiger partial charge is 0.452 e. The first-order valence-electron chi connectivity index (χ1n) is 8.64. The number of nitrogens with one attached hydrogen (secondary N) is 2. The fourth-order valence-corrected chi connectivity index (χ4v) is 2.74. The van der Waals surface area contributed by atoms with E-state index in [1.165, 1.54) is 6.92 Å². The maximum atomic E-state index is 12.1. The summed E-state index contributed by atoms with van der Waals surface area (Å²) in [5.41, 5.74) is 0.955. The number of amides is 2. The number of anilines is 2. The molecule has 29 heavy (non-hydrogen) atoms. The number of hydrogen-bond donors (Lipinski definition) is 2. The Morgan fingerprint density at radius 1 is 1.21 bits per heavy atom. The van der Waals surface area contributed by atoms with Gasteiger partial charge >= 0.3 is 5.97 Å². The van der Waals surface area contributed by atoms with Gasteiger partial charge in [0.25, 0.3) is 5.91 Å². The van der Waals surface area contributed by atoms with Crippen LogP contribution in [-0.4, -0.2) is 40.0 Å². The molecule has 0 aliphatic rings. The summed E-state index contributed by atoms with van der Waals surface area (Å²) in [6, 6.07) is 9.85. The minimum atomic E-state index is -1.01. The van der Waals surface area contributed by atoms with Gasteiger partial charge in [-0.2, -0.15) is 5.26 Å². The van der Waals surface area contributed by atoms with Gasteiger partial charge in [-0.3, -0.25) is 14.4 Å². The zero-order valence-corrected chi connectivity index (χ0v) is 16.9. The van der Waals surface area contributed by atoms with Crippen LogP contribution >= 0.6 is 11.8 Å². The average Bonchev–Trinajstić information content (AvgIpc) is 3.11. The summed E-state index contributed by atoms with van der Waals surface area (Å²) in [4.78, 5) is 36.1. The summed E-state index contributed by atoms with van der Waals surface area (Å²) < 4.78 is 9.96. The highest BCUT2D eigenvalue weighted by molar-refractivity contribution is 8.01. The predicted molar refractivity (Wildman–Crippen MR) is 107 cm³/mol. The first kappa shape index (κ1) is 22.0. The molecule has 2 amide bonds.